The summed E-state index contributed by atoms with van der Waals surface area (Å²) in [6.45, 7) is 0. The molecule has 0 heterocycles. The lowest BCUT2D eigenvalue weighted by molar-refractivity contribution is 0.0693. The van der Waals surface area contributed by atoms with E-state index >= 15 is 0 Å². The van der Waals surface area contributed by atoms with E-state index in [2.05, 4.69) is 5.32 Å². The van der Waals surface area contributed by atoms with E-state index in [1.165, 1.54) is 31.5 Å². The second kappa shape index (κ2) is 5.92. The summed E-state index contributed by atoms with van der Waals surface area (Å²) < 4.78 is 4.94. The zero-order valence-electron chi connectivity index (χ0n) is 9.47. The van der Waals surface area contributed by atoms with Crippen LogP contribution < -0.4 is 10.1 Å². The molecule has 0 aliphatic rings. The molecule has 0 saturated heterocycles. The molecule has 0 spiro atoms. The number of nitrogens with one attached hydrogen (secondary N) is 1. The Hall–Kier alpha value is -2.99. The summed E-state index contributed by atoms with van der Waals surface area (Å²) >= 11 is 0. The van der Waals surface area contributed by atoms with E-state index in [-0.39, 0.29) is 16.9 Å². The van der Waals surface area contributed by atoms with Crippen LogP contribution in [0.4, 0.5) is 5.69 Å². The summed E-state index contributed by atoms with van der Waals surface area (Å²) in [6, 6.07) is 7.73. The Balaban J connectivity index is 3.01. The topological polar surface area (TPSA) is 106 Å². The molecule has 0 fully saturated rings. The van der Waals surface area contributed by atoms with Gasteiger partial charge in [-0.25, -0.2) is 4.79 Å². The lowest BCUT2D eigenvalue weighted by Crippen LogP contribution is -2.01. The summed E-state index contributed by atoms with van der Waals surface area (Å²) in [5, 5.41) is 28.7. The smallest absolute Gasteiger partial charge is 0.339 e. The Morgan fingerprint density at radius 3 is 2.61 bits per heavy atom. The van der Waals surface area contributed by atoms with Crippen molar-refractivity contribution in [1.29, 1.82) is 10.5 Å². The van der Waals surface area contributed by atoms with Gasteiger partial charge in [-0.1, -0.05) is 0 Å². The Morgan fingerprint density at radius 1 is 1.44 bits per heavy atom. The third kappa shape index (κ3) is 3.00. The van der Waals surface area contributed by atoms with Crippen molar-refractivity contribution in [2.75, 3.05) is 12.4 Å². The second-order valence-corrected chi connectivity index (χ2v) is 3.15. The van der Waals surface area contributed by atoms with Crippen LogP contribution in [0.2, 0.25) is 0 Å². The van der Waals surface area contributed by atoms with E-state index in [4.69, 9.17) is 20.4 Å². The maximum atomic E-state index is 10.9. The van der Waals surface area contributed by atoms with Crippen LogP contribution in [0.3, 0.4) is 0 Å². The number of anilines is 1. The molecule has 0 saturated carbocycles. The maximum absolute atomic E-state index is 10.9. The van der Waals surface area contributed by atoms with Crippen LogP contribution in [0.1, 0.15) is 10.4 Å². The summed E-state index contributed by atoms with van der Waals surface area (Å²) in [4.78, 5) is 10.9. The van der Waals surface area contributed by atoms with Crippen molar-refractivity contribution in [2.24, 2.45) is 0 Å². The normalized spacial score (nSPS) is 8.61. The lowest BCUT2D eigenvalue weighted by Gasteiger charge is -2.07. The van der Waals surface area contributed by atoms with Crippen LogP contribution in [0.15, 0.2) is 30.0 Å². The molecular weight excluding hydrogens is 234 g/mol. The maximum Gasteiger partial charge on any atom is 0.339 e. The molecule has 0 aliphatic heterocycles. The molecular formula is C12H9N3O3. The largest absolute Gasteiger partial charge is 0.496 e. The van der Waals surface area contributed by atoms with Crippen molar-refractivity contribution in [1.82, 2.24) is 0 Å². The molecule has 6 nitrogen and oxygen atoms in total. The first-order chi connectivity index (χ1) is 8.62. The highest BCUT2D eigenvalue weighted by Crippen LogP contribution is 2.23. The van der Waals surface area contributed by atoms with Gasteiger partial charge in [0, 0.05) is 18.0 Å². The highest BCUT2D eigenvalue weighted by atomic mass is 16.5. The average molecular weight is 243 g/mol. The van der Waals surface area contributed by atoms with Gasteiger partial charge in [-0.2, -0.15) is 10.5 Å². The zero-order valence-corrected chi connectivity index (χ0v) is 9.47. The Bertz CT molecular complexity index is 563. The number of carboxylic acid groups (broad SMARTS) is 1. The van der Waals surface area contributed by atoms with E-state index < -0.39 is 5.97 Å². The minimum atomic E-state index is -1.09. The van der Waals surface area contributed by atoms with Crippen molar-refractivity contribution in [3.8, 4) is 17.9 Å². The van der Waals surface area contributed by atoms with Crippen LogP contribution in [-0.2, 0) is 0 Å². The number of ether oxygens (including phenoxy) is 1. The summed E-state index contributed by atoms with van der Waals surface area (Å²) in [7, 11) is 1.36. The summed E-state index contributed by atoms with van der Waals surface area (Å²) in [6.07, 6.45) is 1.23. The number of carbonyl (C=O) groups is 1. The van der Waals surface area contributed by atoms with Crippen molar-refractivity contribution < 1.29 is 14.6 Å². The second-order valence-electron chi connectivity index (χ2n) is 3.15. The van der Waals surface area contributed by atoms with Gasteiger partial charge in [0.1, 0.15) is 29.0 Å². The Kier molecular flexibility index (Phi) is 4.30. The van der Waals surface area contributed by atoms with Crippen LogP contribution in [-0.4, -0.2) is 18.2 Å². The molecule has 1 rings (SSSR count). The van der Waals surface area contributed by atoms with Crippen molar-refractivity contribution in [2.45, 2.75) is 0 Å². The molecule has 0 aromatic heterocycles. The lowest BCUT2D eigenvalue weighted by atomic mass is 10.2. The van der Waals surface area contributed by atoms with Gasteiger partial charge in [0.2, 0.25) is 0 Å². The summed E-state index contributed by atoms with van der Waals surface area (Å²) in [5.41, 5.74) is 0.462. The van der Waals surface area contributed by atoms with Crippen LogP contribution in [0.25, 0.3) is 0 Å². The summed E-state index contributed by atoms with van der Waals surface area (Å²) in [5.74, 6) is -0.903. The fourth-order valence-electron chi connectivity index (χ4n) is 1.20. The third-order valence-electron chi connectivity index (χ3n) is 2.06. The van der Waals surface area contributed by atoms with Gasteiger partial charge in [-0.15, -0.1) is 0 Å². The molecule has 0 aliphatic carbocycles. The highest BCUT2D eigenvalue weighted by molar-refractivity contribution is 5.91. The standard InChI is InChI=1S/C12H9N3O3/c1-18-11-4-9(2-3-10(11)12(16)17)15-7-8(5-13)6-14/h2-4,7,15H,1H3,(H,16,17). The number of methoxy groups -OCH3 is 1. The number of carboxylic acids is 1. The fourth-order valence-corrected chi connectivity index (χ4v) is 1.20. The van der Waals surface area contributed by atoms with Crippen molar-refractivity contribution in [3.63, 3.8) is 0 Å². The molecule has 1 aromatic rings. The predicted molar refractivity (Wildman–Crippen MR) is 62.9 cm³/mol. The van der Waals surface area contributed by atoms with Crippen molar-refractivity contribution in [3.05, 3.63) is 35.5 Å². The van der Waals surface area contributed by atoms with Crippen LogP contribution >= 0.6 is 0 Å². The molecule has 18 heavy (non-hydrogen) atoms. The molecule has 0 amide bonds. The van der Waals surface area contributed by atoms with Gasteiger partial charge in [0.25, 0.3) is 0 Å². The van der Waals surface area contributed by atoms with Crippen molar-refractivity contribution >= 4 is 11.7 Å². The highest BCUT2D eigenvalue weighted by Gasteiger charge is 2.10. The minimum Gasteiger partial charge on any atom is -0.496 e. The number of nitrogens with zero attached hydrogens (tertiary/aromatic N) is 2. The third-order valence-corrected chi connectivity index (χ3v) is 2.06. The van der Waals surface area contributed by atoms with Gasteiger partial charge in [0.15, 0.2) is 0 Å². The molecule has 6 heteroatoms. The number of nitriles is 2. The minimum absolute atomic E-state index is 0.0350. The van der Waals surface area contributed by atoms with Gasteiger partial charge in [-0.3, -0.25) is 0 Å². The zero-order chi connectivity index (χ0) is 13.5. The SMILES string of the molecule is COc1cc(NC=C(C#N)C#N)ccc1C(=O)O. The van der Waals surface area contributed by atoms with Gasteiger partial charge in [0.05, 0.1) is 7.11 Å². The quantitative estimate of drug-likeness (QED) is 0.780. The molecule has 90 valence electrons. The van der Waals surface area contributed by atoms with Gasteiger partial charge >= 0.3 is 5.97 Å². The first-order valence-electron chi connectivity index (χ1n) is 4.80. The molecule has 0 unspecified atom stereocenters. The van der Waals surface area contributed by atoms with E-state index in [1.807, 2.05) is 0 Å². The van der Waals surface area contributed by atoms with Gasteiger partial charge < -0.3 is 15.2 Å². The van der Waals surface area contributed by atoms with E-state index in [0.29, 0.717) is 5.69 Å². The number of aromatic carboxylic acids is 1. The Labute approximate surface area is 103 Å². The molecule has 0 radical (unpaired) electrons. The van der Waals surface area contributed by atoms with E-state index in [9.17, 15) is 4.79 Å². The number of hydrogen-bond donors (Lipinski definition) is 2. The fraction of sp³-hybridized carbons (Fsp3) is 0.0833. The van der Waals surface area contributed by atoms with E-state index in [0.717, 1.165) is 0 Å². The molecule has 1 aromatic carbocycles. The van der Waals surface area contributed by atoms with Crippen LogP contribution in [0, 0.1) is 22.7 Å². The number of rotatable bonds is 4. The monoisotopic (exact) mass is 243 g/mol. The van der Waals surface area contributed by atoms with Gasteiger partial charge in [-0.05, 0) is 12.1 Å². The number of allylic oxidation sites excluding steroid dienone is 1. The van der Waals surface area contributed by atoms with E-state index in [1.54, 1.807) is 12.1 Å². The predicted octanol–water partition coefficient (Wildman–Crippen LogP) is 1.74. The average Bonchev–Trinajstić information content (AvgIpc) is 2.39. The molecule has 0 bridgehead atoms. The first kappa shape index (κ1) is 13.1. The molecule has 2 N–H and O–H groups in total. The van der Waals surface area contributed by atoms with Crippen LogP contribution in [0.5, 0.6) is 5.75 Å². The first-order valence-corrected chi connectivity index (χ1v) is 4.80. The molecule has 0 atom stereocenters. The number of hydrogen-bond acceptors (Lipinski definition) is 5. The number of benzene rings is 1. The Morgan fingerprint density at radius 2 is 2.11 bits per heavy atom.